The topological polar surface area (TPSA) is 47.6 Å². The van der Waals surface area contributed by atoms with Crippen molar-refractivity contribution in [3.8, 4) is 11.5 Å². The number of anilines is 1. The molecule has 0 spiro atoms. The predicted molar refractivity (Wildman–Crippen MR) is 63.1 cm³/mol. The first-order chi connectivity index (χ1) is 7.83. The third-order valence-corrected chi connectivity index (χ3v) is 2.15. The molecule has 0 aliphatic rings. The molecular formula is C12H17NO3. The van der Waals surface area contributed by atoms with E-state index in [2.05, 4.69) is 12.2 Å². The van der Waals surface area contributed by atoms with Crippen LogP contribution in [0.25, 0.3) is 0 Å². The largest absolute Gasteiger partial charge is 0.491 e. The van der Waals surface area contributed by atoms with E-state index in [1.54, 1.807) is 13.2 Å². The molecule has 0 aliphatic heterocycles. The quantitative estimate of drug-likeness (QED) is 0.570. The van der Waals surface area contributed by atoms with Crippen molar-refractivity contribution in [3.63, 3.8) is 0 Å². The van der Waals surface area contributed by atoms with Gasteiger partial charge in [-0.1, -0.05) is 19.4 Å². The Labute approximate surface area is 95.6 Å². The van der Waals surface area contributed by atoms with Crippen LogP contribution in [0, 0.1) is 0 Å². The summed E-state index contributed by atoms with van der Waals surface area (Å²) in [6.45, 7) is 2.75. The molecule has 0 aromatic heterocycles. The number of carbonyl (C=O) groups is 1. The Morgan fingerprint density at radius 2 is 2.25 bits per heavy atom. The molecule has 1 amide bonds. The van der Waals surface area contributed by atoms with Gasteiger partial charge in [0.2, 0.25) is 6.41 Å². The van der Waals surface area contributed by atoms with Gasteiger partial charge in [0.15, 0.2) is 11.5 Å². The molecule has 0 saturated carbocycles. The highest BCUT2D eigenvalue weighted by Gasteiger charge is 2.09. The monoisotopic (exact) mass is 223 g/mol. The van der Waals surface area contributed by atoms with Gasteiger partial charge in [-0.25, -0.2) is 0 Å². The van der Waals surface area contributed by atoms with Crippen molar-refractivity contribution >= 4 is 12.1 Å². The molecule has 0 fully saturated rings. The summed E-state index contributed by atoms with van der Waals surface area (Å²) >= 11 is 0. The number of unbranched alkanes of at least 4 members (excludes halogenated alkanes) is 1. The van der Waals surface area contributed by atoms with Crippen molar-refractivity contribution in [1.29, 1.82) is 0 Å². The summed E-state index contributed by atoms with van der Waals surface area (Å²) in [6.07, 6.45) is 2.69. The number of methoxy groups -OCH3 is 1. The molecule has 4 nitrogen and oxygen atoms in total. The standard InChI is InChI=1S/C12H17NO3/c1-3-4-8-16-11-7-5-6-10(13-9-14)12(11)15-2/h5-7,9H,3-4,8H2,1-2H3,(H,13,14). The molecule has 0 atom stereocenters. The Morgan fingerprint density at radius 1 is 1.44 bits per heavy atom. The van der Waals surface area contributed by atoms with E-state index in [1.807, 2.05) is 12.1 Å². The Hall–Kier alpha value is -1.71. The molecular weight excluding hydrogens is 206 g/mol. The van der Waals surface area contributed by atoms with E-state index >= 15 is 0 Å². The zero-order valence-corrected chi connectivity index (χ0v) is 9.66. The van der Waals surface area contributed by atoms with Gasteiger partial charge in [0.25, 0.3) is 0 Å². The second-order valence-electron chi connectivity index (χ2n) is 3.30. The molecule has 0 heterocycles. The van der Waals surface area contributed by atoms with E-state index in [4.69, 9.17) is 9.47 Å². The molecule has 0 bridgehead atoms. The van der Waals surface area contributed by atoms with Crippen LogP contribution in [0.4, 0.5) is 5.69 Å². The van der Waals surface area contributed by atoms with Crippen molar-refractivity contribution in [3.05, 3.63) is 18.2 Å². The molecule has 1 aromatic carbocycles. The molecule has 1 N–H and O–H groups in total. The second-order valence-corrected chi connectivity index (χ2v) is 3.30. The Balaban J connectivity index is 2.81. The molecule has 4 heteroatoms. The van der Waals surface area contributed by atoms with Crippen molar-refractivity contribution in [2.24, 2.45) is 0 Å². The average Bonchev–Trinajstić information content (AvgIpc) is 2.30. The number of para-hydroxylation sites is 1. The van der Waals surface area contributed by atoms with Crippen LogP contribution in [0.1, 0.15) is 19.8 Å². The Kier molecular flexibility index (Phi) is 5.19. The maximum atomic E-state index is 10.4. The molecule has 1 rings (SSSR count). The fraction of sp³-hybridized carbons (Fsp3) is 0.417. The smallest absolute Gasteiger partial charge is 0.211 e. The predicted octanol–water partition coefficient (Wildman–Crippen LogP) is 2.44. The first kappa shape index (κ1) is 12.4. The van der Waals surface area contributed by atoms with Crippen molar-refractivity contribution in [1.82, 2.24) is 0 Å². The lowest BCUT2D eigenvalue weighted by atomic mass is 10.2. The SMILES string of the molecule is CCCCOc1cccc(NC=O)c1OC. The van der Waals surface area contributed by atoms with E-state index in [1.165, 1.54) is 0 Å². The van der Waals surface area contributed by atoms with Crippen LogP contribution in [0.3, 0.4) is 0 Å². The van der Waals surface area contributed by atoms with Crippen LogP contribution in [-0.2, 0) is 4.79 Å². The van der Waals surface area contributed by atoms with Gasteiger partial charge in [0, 0.05) is 0 Å². The molecule has 0 saturated heterocycles. The van der Waals surface area contributed by atoms with Crippen LogP contribution in [0.2, 0.25) is 0 Å². The van der Waals surface area contributed by atoms with Gasteiger partial charge in [0.1, 0.15) is 0 Å². The number of carbonyl (C=O) groups excluding carboxylic acids is 1. The third kappa shape index (κ3) is 3.15. The number of amides is 1. The number of nitrogens with one attached hydrogen (secondary N) is 1. The zero-order valence-electron chi connectivity index (χ0n) is 9.66. The summed E-state index contributed by atoms with van der Waals surface area (Å²) in [5, 5.41) is 2.57. The number of hydrogen-bond acceptors (Lipinski definition) is 3. The van der Waals surface area contributed by atoms with Crippen LogP contribution in [-0.4, -0.2) is 20.1 Å². The molecule has 0 aliphatic carbocycles. The van der Waals surface area contributed by atoms with Crippen molar-refractivity contribution in [2.45, 2.75) is 19.8 Å². The molecule has 0 radical (unpaired) electrons. The highest BCUT2D eigenvalue weighted by molar-refractivity contribution is 5.77. The van der Waals surface area contributed by atoms with Crippen LogP contribution in [0.15, 0.2) is 18.2 Å². The number of ether oxygens (including phenoxy) is 2. The Morgan fingerprint density at radius 3 is 2.88 bits per heavy atom. The Bertz CT molecular complexity index is 339. The summed E-state index contributed by atoms with van der Waals surface area (Å²) in [7, 11) is 1.55. The number of benzene rings is 1. The maximum Gasteiger partial charge on any atom is 0.211 e. The summed E-state index contributed by atoms with van der Waals surface area (Å²) in [4.78, 5) is 10.4. The van der Waals surface area contributed by atoms with Gasteiger partial charge in [-0.2, -0.15) is 0 Å². The third-order valence-electron chi connectivity index (χ3n) is 2.15. The highest BCUT2D eigenvalue weighted by atomic mass is 16.5. The minimum absolute atomic E-state index is 0.561. The van der Waals surface area contributed by atoms with Gasteiger partial charge in [-0.15, -0.1) is 0 Å². The second kappa shape index (κ2) is 6.71. The summed E-state index contributed by atoms with van der Waals surface area (Å²) in [6, 6.07) is 5.40. The maximum absolute atomic E-state index is 10.4. The lowest BCUT2D eigenvalue weighted by Crippen LogP contribution is -2.02. The first-order valence-electron chi connectivity index (χ1n) is 5.33. The summed E-state index contributed by atoms with van der Waals surface area (Å²) < 4.78 is 10.8. The molecule has 88 valence electrons. The molecule has 0 unspecified atom stereocenters. The summed E-state index contributed by atoms with van der Waals surface area (Å²) in [5.41, 5.74) is 0.617. The lowest BCUT2D eigenvalue weighted by molar-refractivity contribution is -0.105. The molecule has 1 aromatic rings. The average molecular weight is 223 g/mol. The van der Waals surface area contributed by atoms with Crippen LogP contribution < -0.4 is 14.8 Å². The summed E-state index contributed by atoms with van der Waals surface area (Å²) in [5.74, 6) is 1.22. The molecule has 16 heavy (non-hydrogen) atoms. The normalized spacial score (nSPS) is 9.62. The van der Waals surface area contributed by atoms with Gasteiger partial charge < -0.3 is 14.8 Å². The van der Waals surface area contributed by atoms with E-state index in [0.29, 0.717) is 30.2 Å². The minimum Gasteiger partial charge on any atom is -0.491 e. The highest BCUT2D eigenvalue weighted by Crippen LogP contribution is 2.34. The van der Waals surface area contributed by atoms with Crippen molar-refractivity contribution in [2.75, 3.05) is 19.0 Å². The van der Waals surface area contributed by atoms with Crippen LogP contribution >= 0.6 is 0 Å². The van der Waals surface area contributed by atoms with E-state index in [0.717, 1.165) is 12.8 Å². The fourth-order valence-electron chi connectivity index (χ4n) is 1.34. The zero-order chi connectivity index (χ0) is 11.8. The minimum atomic E-state index is 0.561. The van der Waals surface area contributed by atoms with Gasteiger partial charge in [0.05, 0.1) is 19.4 Å². The van der Waals surface area contributed by atoms with E-state index in [9.17, 15) is 4.79 Å². The van der Waals surface area contributed by atoms with Gasteiger partial charge in [-0.3, -0.25) is 4.79 Å². The van der Waals surface area contributed by atoms with Crippen molar-refractivity contribution < 1.29 is 14.3 Å². The van der Waals surface area contributed by atoms with E-state index < -0.39 is 0 Å². The van der Waals surface area contributed by atoms with E-state index in [-0.39, 0.29) is 0 Å². The van der Waals surface area contributed by atoms with Gasteiger partial charge in [-0.05, 0) is 18.6 Å². The lowest BCUT2D eigenvalue weighted by Gasteiger charge is -2.13. The van der Waals surface area contributed by atoms with Gasteiger partial charge >= 0.3 is 0 Å². The first-order valence-corrected chi connectivity index (χ1v) is 5.33. The van der Waals surface area contributed by atoms with Crippen LogP contribution in [0.5, 0.6) is 11.5 Å². The fourth-order valence-corrected chi connectivity index (χ4v) is 1.34. The number of hydrogen-bond donors (Lipinski definition) is 1. The number of rotatable bonds is 7.